The van der Waals surface area contributed by atoms with Crippen LogP contribution in [-0.2, 0) is 4.74 Å². The molecule has 0 aliphatic rings. The van der Waals surface area contributed by atoms with Crippen LogP contribution in [0.3, 0.4) is 0 Å². The maximum absolute atomic E-state index is 11.5. The fourth-order valence-corrected chi connectivity index (χ4v) is 2.34. The molecule has 0 aliphatic carbocycles. The molecule has 0 radical (unpaired) electrons. The van der Waals surface area contributed by atoms with Crippen molar-refractivity contribution < 1.29 is 13.9 Å². The third-order valence-corrected chi connectivity index (χ3v) is 3.40. The molecule has 2 heterocycles. The summed E-state index contributed by atoms with van der Waals surface area (Å²) in [5.41, 5.74) is 0.826. The Bertz CT molecular complexity index is 595. The van der Waals surface area contributed by atoms with Crippen LogP contribution in [0, 0.1) is 13.8 Å². The van der Waals surface area contributed by atoms with Crippen LogP contribution < -0.4 is 10.6 Å². The molecule has 2 rings (SSSR count). The van der Waals surface area contributed by atoms with Gasteiger partial charge in [0.2, 0.25) is 0 Å². The van der Waals surface area contributed by atoms with Crippen LogP contribution in [0.5, 0.6) is 0 Å². The first-order valence-electron chi connectivity index (χ1n) is 5.92. The van der Waals surface area contributed by atoms with Crippen molar-refractivity contribution >= 4 is 23.4 Å². The number of methoxy groups -OCH3 is 1. The minimum Gasteiger partial charge on any atom is -0.402 e. The summed E-state index contributed by atoms with van der Waals surface area (Å²) in [5.74, 6) is 0.347. The van der Waals surface area contributed by atoms with E-state index in [9.17, 15) is 4.79 Å². The molecule has 0 aliphatic heterocycles. The number of carbonyl (C=O) groups excluding carboxylic acids is 1. The second kappa shape index (κ2) is 6.44. The van der Waals surface area contributed by atoms with Gasteiger partial charge < -0.3 is 14.5 Å². The van der Waals surface area contributed by atoms with E-state index in [0.717, 1.165) is 15.6 Å². The molecule has 0 bridgehead atoms. The molecule has 20 heavy (non-hydrogen) atoms. The number of aryl methyl sites for hydroxylation is 2. The number of aromatic nitrogens is 3. The molecule has 2 N–H and O–H groups in total. The van der Waals surface area contributed by atoms with Crippen LogP contribution >= 0.6 is 11.3 Å². The SMILES string of the molecule is COCCNC(=O)Nc1nnc(-c2sc(C)nc2C)o1. The van der Waals surface area contributed by atoms with Crippen molar-refractivity contribution in [1.82, 2.24) is 20.5 Å². The van der Waals surface area contributed by atoms with Gasteiger partial charge >= 0.3 is 12.0 Å². The summed E-state index contributed by atoms with van der Waals surface area (Å²) in [5, 5.41) is 13.6. The number of nitrogens with one attached hydrogen (secondary N) is 2. The number of ether oxygens (including phenoxy) is 1. The normalized spacial score (nSPS) is 10.6. The van der Waals surface area contributed by atoms with Crippen molar-refractivity contribution in [3.63, 3.8) is 0 Å². The molecule has 0 aromatic carbocycles. The van der Waals surface area contributed by atoms with Crippen LogP contribution in [0.25, 0.3) is 10.8 Å². The Hall–Kier alpha value is -2.00. The molecule has 0 atom stereocenters. The van der Waals surface area contributed by atoms with Gasteiger partial charge in [-0.3, -0.25) is 5.32 Å². The van der Waals surface area contributed by atoms with Crippen molar-refractivity contribution in [2.24, 2.45) is 0 Å². The average molecular weight is 297 g/mol. The minimum atomic E-state index is -0.422. The number of rotatable bonds is 5. The molecule has 2 amide bonds. The van der Waals surface area contributed by atoms with E-state index in [1.54, 1.807) is 7.11 Å². The number of anilines is 1. The third-order valence-electron chi connectivity index (χ3n) is 2.33. The maximum atomic E-state index is 11.5. The van der Waals surface area contributed by atoms with Crippen molar-refractivity contribution in [3.05, 3.63) is 10.7 Å². The zero-order valence-corrected chi connectivity index (χ0v) is 12.2. The highest BCUT2D eigenvalue weighted by Gasteiger charge is 2.15. The van der Waals surface area contributed by atoms with E-state index in [-0.39, 0.29) is 6.01 Å². The van der Waals surface area contributed by atoms with E-state index in [1.165, 1.54) is 11.3 Å². The number of nitrogens with zero attached hydrogens (tertiary/aromatic N) is 3. The monoisotopic (exact) mass is 297 g/mol. The second-order valence-corrected chi connectivity index (χ2v) is 5.14. The molecule has 108 valence electrons. The number of amides is 2. The highest BCUT2D eigenvalue weighted by molar-refractivity contribution is 7.15. The lowest BCUT2D eigenvalue weighted by Crippen LogP contribution is -2.31. The quantitative estimate of drug-likeness (QED) is 0.812. The fraction of sp³-hybridized carbons (Fsp3) is 0.455. The van der Waals surface area contributed by atoms with Crippen molar-refractivity contribution in [1.29, 1.82) is 0 Å². The van der Waals surface area contributed by atoms with Gasteiger partial charge in [0.1, 0.15) is 4.88 Å². The van der Waals surface area contributed by atoms with Crippen LogP contribution in [0.2, 0.25) is 0 Å². The van der Waals surface area contributed by atoms with Gasteiger partial charge in [-0.2, -0.15) is 0 Å². The summed E-state index contributed by atoms with van der Waals surface area (Å²) >= 11 is 1.46. The van der Waals surface area contributed by atoms with E-state index >= 15 is 0 Å². The number of hydrogen-bond donors (Lipinski definition) is 2. The highest BCUT2D eigenvalue weighted by atomic mass is 32.1. The molecule has 9 heteroatoms. The molecule has 0 saturated heterocycles. The highest BCUT2D eigenvalue weighted by Crippen LogP contribution is 2.29. The molecule has 2 aromatic rings. The Morgan fingerprint density at radius 2 is 2.20 bits per heavy atom. The predicted molar refractivity (Wildman–Crippen MR) is 73.8 cm³/mol. The zero-order valence-electron chi connectivity index (χ0n) is 11.4. The topological polar surface area (TPSA) is 102 Å². The van der Waals surface area contributed by atoms with Crippen molar-refractivity contribution in [2.45, 2.75) is 13.8 Å². The van der Waals surface area contributed by atoms with Gasteiger partial charge in [0, 0.05) is 13.7 Å². The van der Waals surface area contributed by atoms with Gasteiger partial charge in [0.05, 0.1) is 17.3 Å². The minimum absolute atomic E-state index is 0.0420. The summed E-state index contributed by atoms with van der Waals surface area (Å²) in [4.78, 5) is 16.6. The van der Waals surface area contributed by atoms with Crippen molar-refractivity contribution in [3.8, 4) is 10.8 Å². The van der Waals surface area contributed by atoms with Gasteiger partial charge in [-0.05, 0) is 13.8 Å². The first-order chi connectivity index (χ1) is 9.60. The van der Waals surface area contributed by atoms with E-state index in [2.05, 4.69) is 25.8 Å². The number of thiazole rings is 1. The molecule has 2 aromatic heterocycles. The molecule has 0 saturated carbocycles. The van der Waals surface area contributed by atoms with Crippen LogP contribution in [0.4, 0.5) is 10.8 Å². The van der Waals surface area contributed by atoms with Crippen molar-refractivity contribution in [2.75, 3.05) is 25.6 Å². The predicted octanol–water partition coefficient (Wildman–Crippen LogP) is 1.58. The maximum Gasteiger partial charge on any atom is 0.324 e. The number of urea groups is 1. The molecule has 8 nitrogen and oxygen atoms in total. The van der Waals surface area contributed by atoms with E-state index in [4.69, 9.17) is 9.15 Å². The van der Waals surface area contributed by atoms with Crippen LogP contribution in [-0.4, -0.2) is 41.5 Å². The Balaban J connectivity index is 1.99. The van der Waals surface area contributed by atoms with E-state index in [1.807, 2.05) is 13.8 Å². The Labute approximate surface area is 119 Å². The second-order valence-electron chi connectivity index (χ2n) is 3.93. The van der Waals surface area contributed by atoms with Crippen LogP contribution in [0.1, 0.15) is 10.7 Å². The summed E-state index contributed by atoms with van der Waals surface area (Å²) in [7, 11) is 1.56. The molecule has 0 spiro atoms. The summed E-state index contributed by atoms with van der Waals surface area (Å²) in [6.45, 7) is 4.60. The fourth-order valence-electron chi connectivity index (χ4n) is 1.50. The number of hydrogen-bond acceptors (Lipinski definition) is 7. The smallest absolute Gasteiger partial charge is 0.324 e. The van der Waals surface area contributed by atoms with Gasteiger partial charge in [-0.1, -0.05) is 5.10 Å². The van der Waals surface area contributed by atoms with E-state index < -0.39 is 6.03 Å². The van der Waals surface area contributed by atoms with Gasteiger partial charge in [-0.15, -0.1) is 16.4 Å². The standard InChI is InChI=1S/C11H15N5O3S/c1-6-8(20-7(2)13-6)9-15-16-11(19-9)14-10(17)12-4-5-18-3/h4-5H2,1-3H3,(H2,12,14,16,17). The van der Waals surface area contributed by atoms with Crippen LogP contribution in [0.15, 0.2) is 4.42 Å². The zero-order chi connectivity index (χ0) is 14.5. The largest absolute Gasteiger partial charge is 0.402 e. The Morgan fingerprint density at radius 3 is 2.85 bits per heavy atom. The first-order valence-corrected chi connectivity index (χ1v) is 6.73. The van der Waals surface area contributed by atoms with E-state index in [0.29, 0.717) is 19.0 Å². The molecule has 0 fully saturated rings. The Morgan fingerprint density at radius 1 is 1.40 bits per heavy atom. The lowest BCUT2D eigenvalue weighted by Gasteiger charge is -2.02. The lowest BCUT2D eigenvalue weighted by atomic mass is 10.4. The molecular weight excluding hydrogens is 282 g/mol. The molecule has 0 unspecified atom stereocenters. The van der Waals surface area contributed by atoms with Gasteiger partial charge in [0.25, 0.3) is 5.89 Å². The number of carbonyl (C=O) groups is 1. The van der Waals surface area contributed by atoms with Gasteiger partial charge in [0.15, 0.2) is 0 Å². The summed E-state index contributed by atoms with van der Waals surface area (Å²) in [6, 6.07) is -0.380. The summed E-state index contributed by atoms with van der Waals surface area (Å²) < 4.78 is 10.2. The average Bonchev–Trinajstić information content (AvgIpc) is 2.96. The Kier molecular flexibility index (Phi) is 4.64. The third kappa shape index (κ3) is 3.52. The van der Waals surface area contributed by atoms with Gasteiger partial charge in [-0.25, -0.2) is 9.78 Å². The lowest BCUT2D eigenvalue weighted by molar-refractivity contribution is 0.198. The first kappa shape index (κ1) is 14.4. The summed E-state index contributed by atoms with van der Waals surface area (Å²) in [6.07, 6.45) is 0. The molecular formula is C11H15N5O3S.